The SMILES string of the molecule is [C-]#[N+]c1ccc(N2C[C@@H](C)N(C(=O)Nc3cc(C)nc(OC)c3)C[C@@H]2C)cc1Cl. The number of carbonyl (C=O) groups excluding carboxylic acids is 1. The fraction of sp³-hybridized carbons (Fsp3) is 0.381. The van der Waals surface area contributed by atoms with Gasteiger partial charge in [-0.25, -0.2) is 14.6 Å². The molecule has 29 heavy (non-hydrogen) atoms. The highest BCUT2D eigenvalue weighted by Crippen LogP contribution is 2.32. The van der Waals surface area contributed by atoms with Gasteiger partial charge in [0.15, 0.2) is 0 Å². The molecule has 2 amide bonds. The molecule has 1 aliphatic heterocycles. The molecule has 8 heteroatoms. The Labute approximate surface area is 176 Å². The molecule has 2 heterocycles. The third kappa shape index (κ3) is 4.54. The van der Waals surface area contributed by atoms with E-state index >= 15 is 0 Å². The van der Waals surface area contributed by atoms with Crippen molar-refractivity contribution in [3.63, 3.8) is 0 Å². The van der Waals surface area contributed by atoms with Crippen molar-refractivity contribution >= 4 is 34.7 Å². The Hall–Kier alpha value is -2.98. The Kier molecular flexibility index (Phi) is 6.14. The maximum Gasteiger partial charge on any atom is 0.322 e. The van der Waals surface area contributed by atoms with Gasteiger partial charge >= 0.3 is 6.03 Å². The summed E-state index contributed by atoms with van der Waals surface area (Å²) in [6.07, 6.45) is 0. The number of nitrogens with zero attached hydrogens (tertiary/aromatic N) is 4. The maximum atomic E-state index is 12.9. The monoisotopic (exact) mass is 413 g/mol. The molecular weight excluding hydrogens is 390 g/mol. The van der Waals surface area contributed by atoms with Crippen molar-refractivity contribution in [1.29, 1.82) is 0 Å². The molecule has 152 valence electrons. The summed E-state index contributed by atoms with van der Waals surface area (Å²) in [5.41, 5.74) is 2.82. The largest absolute Gasteiger partial charge is 0.481 e. The molecule has 0 radical (unpaired) electrons. The van der Waals surface area contributed by atoms with Crippen LogP contribution in [0.1, 0.15) is 19.5 Å². The standard InChI is InChI=1S/C21H24ClN5O2/c1-13-8-16(9-20(24-13)29-5)25-21(28)27-12-14(2)26(11-15(27)3)17-6-7-19(23-4)18(22)10-17/h6-10,14-15H,11-12H2,1-3,5H3,(H,24,25,28)/t14-,15+/m0/s1. The average molecular weight is 414 g/mol. The summed E-state index contributed by atoms with van der Waals surface area (Å²) >= 11 is 6.21. The number of hydrogen-bond acceptors (Lipinski definition) is 4. The topological polar surface area (TPSA) is 62.1 Å². The van der Waals surface area contributed by atoms with Crippen LogP contribution in [0.15, 0.2) is 30.3 Å². The molecule has 0 spiro atoms. The van der Waals surface area contributed by atoms with E-state index in [0.29, 0.717) is 35.4 Å². The summed E-state index contributed by atoms with van der Waals surface area (Å²) in [5, 5.41) is 3.40. The van der Waals surface area contributed by atoms with E-state index in [4.69, 9.17) is 22.9 Å². The lowest BCUT2D eigenvalue weighted by Crippen LogP contribution is -2.59. The number of nitrogens with one attached hydrogen (secondary N) is 1. The van der Waals surface area contributed by atoms with Crippen molar-refractivity contribution in [3.05, 3.63) is 52.5 Å². The van der Waals surface area contributed by atoms with Crippen LogP contribution in [0.25, 0.3) is 4.85 Å². The summed E-state index contributed by atoms with van der Waals surface area (Å²) in [7, 11) is 1.55. The second-order valence-corrected chi connectivity index (χ2v) is 7.63. The number of ether oxygens (including phenoxy) is 1. The highest BCUT2D eigenvalue weighted by molar-refractivity contribution is 6.33. The van der Waals surface area contributed by atoms with Crippen molar-refractivity contribution in [1.82, 2.24) is 9.88 Å². The van der Waals surface area contributed by atoms with Crippen LogP contribution in [0.5, 0.6) is 5.88 Å². The minimum absolute atomic E-state index is 0.00431. The zero-order chi connectivity index (χ0) is 21.1. The number of hydrogen-bond donors (Lipinski definition) is 1. The third-order valence-electron chi connectivity index (χ3n) is 5.02. The van der Waals surface area contributed by atoms with Gasteiger partial charge in [-0.05, 0) is 39.0 Å². The second kappa shape index (κ2) is 8.58. The van der Waals surface area contributed by atoms with E-state index in [-0.39, 0.29) is 18.1 Å². The molecule has 1 aliphatic rings. The predicted octanol–water partition coefficient (Wildman–Crippen LogP) is 4.73. The molecule has 0 bridgehead atoms. The van der Waals surface area contributed by atoms with Gasteiger partial charge in [0, 0.05) is 53.3 Å². The van der Waals surface area contributed by atoms with Gasteiger partial charge in [0.2, 0.25) is 11.6 Å². The molecule has 7 nitrogen and oxygen atoms in total. The Morgan fingerprint density at radius 3 is 2.69 bits per heavy atom. The lowest BCUT2D eigenvalue weighted by atomic mass is 10.1. The van der Waals surface area contributed by atoms with E-state index in [1.165, 1.54) is 0 Å². The molecule has 1 fully saturated rings. The van der Waals surface area contributed by atoms with Gasteiger partial charge < -0.3 is 19.9 Å². The minimum Gasteiger partial charge on any atom is -0.481 e. The number of aryl methyl sites for hydroxylation is 1. The second-order valence-electron chi connectivity index (χ2n) is 7.22. The van der Waals surface area contributed by atoms with Gasteiger partial charge in [0.05, 0.1) is 13.7 Å². The maximum absolute atomic E-state index is 12.9. The number of pyridine rings is 1. The van der Waals surface area contributed by atoms with Crippen LogP contribution in [0.4, 0.5) is 21.9 Å². The Morgan fingerprint density at radius 2 is 2.03 bits per heavy atom. The first-order chi connectivity index (χ1) is 13.8. The first kappa shape index (κ1) is 20.7. The third-order valence-corrected chi connectivity index (χ3v) is 5.32. The van der Waals surface area contributed by atoms with E-state index in [2.05, 4.69) is 27.0 Å². The summed E-state index contributed by atoms with van der Waals surface area (Å²) < 4.78 is 5.18. The molecule has 1 aromatic carbocycles. The lowest BCUT2D eigenvalue weighted by molar-refractivity contribution is 0.173. The zero-order valence-corrected chi connectivity index (χ0v) is 17.7. The fourth-order valence-electron chi connectivity index (χ4n) is 3.54. The van der Waals surface area contributed by atoms with Gasteiger partial charge in [-0.2, -0.15) is 0 Å². The van der Waals surface area contributed by atoms with Crippen LogP contribution in [-0.2, 0) is 0 Å². The number of anilines is 2. The van der Waals surface area contributed by atoms with E-state index in [9.17, 15) is 4.79 Å². The van der Waals surface area contributed by atoms with E-state index in [1.807, 2.05) is 36.9 Å². The smallest absolute Gasteiger partial charge is 0.322 e. The molecule has 0 unspecified atom stereocenters. The van der Waals surface area contributed by atoms with Crippen LogP contribution in [-0.4, -0.2) is 48.2 Å². The highest BCUT2D eigenvalue weighted by atomic mass is 35.5. The lowest BCUT2D eigenvalue weighted by Gasteiger charge is -2.45. The summed E-state index contributed by atoms with van der Waals surface area (Å²) in [6.45, 7) is 14.3. The Bertz CT molecular complexity index is 959. The van der Waals surface area contributed by atoms with Gasteiger partial charge in [-0.1, -0.05) is 17.7 Å². The molecule has 2 aromatic rings. The van der Waals surface area contributed by atoms with Crippen LogP contribution in [0.3, 0.4) is 0 Å². The van der Waals surface area contributed by atoms with Crippen molar-refractivity contribution in [2.75, 3.05) is 30.4 Å². The van der Waals surface area contributed by atoms with Crippen molar-refractivity contribution < 1.29 is 9.53 Å². The minimum atomic E-state index is -0.155. The fourth-order valence-corrected chi connectivity index (χ4v) is 3.76. The number of halogens is 1. The predicted molar refractivity (Wildman–Crippen MR) is 115 cm³/mol. The van der Waals surface area contributed by atoms with Gasteiger partial charge in [-0.15, -0.1) is 0 Å². The average Bonchev–Trinajstić information content (AvgIpc) is 2.68. The van der Waals surface area contributed by atoms with Crippen LogP contribution < -0.4 is 15.0 Å². The number of benzene rings is 1. The van der Waals surface area contributed by atoms with Crippen molar-refractivity contribution in [2.24, 2.45) is 0 Å². The number of methoxy groups -OCH3 is 1. The number of piperazine rings is 1. The van der Waals surface area contributed by atoms with Crippen LogP contribution >= 0.6 is 11.6 Å². The molecule has 3 rings (SSSR count). The molecule has 2 atom stereocenters. The first-order valence-corrected chi connectivity index (χ1v) is 9.74. The summed E-state index contributed by atoms with van der Waals surface area (Å²) in [5.74, 6) is 0.464. The highest BCUT2D eigenvalue weighted by Gasteiger charge is 2.32. The molecule has 1 N–H and O–H groups in total. The summed E-state index contributed by atoms with van der Waals surface area (Å²) in [4.78, 5) is 24.6. The number of amides is 2. The van der Waals surface area contributed by atoms with Crippen LogP contribution in [0.2, 0.25) is 5.02 Å². The Balaban J connectivity index is 1.73. The van der Waals surface area contributed by atoms with Gasteiger partial charge in [0.25, 0.3) is 0 Å². The number of rotatable bonds is 3. The first-order valence-electron chi connectivity index (χ1n) is 9.36. The number of aromatic nitrogens is 1. The van der Waals surface area contributed by atoms with Crippen molar-refractivity contribution in [3.8, 4) is 5.88 Å². The zero-order valence-electron chi connectivity index (χ0n) is 16.9. The normalized spacial score (nSPS) is 18.9. The van der Waals surface area contributed by atoms with Crippen LogP contribution in [0, 0.1) is 13.5 Å². The van der Waals surface area contributed by atoms with E-state index < -0.39 is 0 Å². The van der Waals surface area contributed by atoms with E-state index in [1.54, 1.807) is 19.2 Å². The number of carbonyl (C=O) groups is 1. The summed E-state index contributed by atoms with van der Waals surface area (Å²) in [6, 6.07) is 8.92. The van der Waals surface area contributed by atoms with Gasteiger partial charge in [0.1, 0.15) is 0 Å². The molecule has 0 aliphatic carbocycles. The quantitative estimate of drug-likeness (QED) is 0.738. The molecular formula is C21H24ClN5O2. The van der Waals surface area contributed by atoms with Crippen molar-refractivity contribution in [2.45, 2.75) is 32.9 Å². The Morgan fingerprint density at radius 1 is 1.28 bits per heavy atom. The molecule has 0 saturated carbocycles. The molecule has 1 aromatic heterocycles. The molecule has 1 saturated heterocycles. The van der Waals surface area contributed by atoms with E-state index in [0.717, 1.165) is 11.4 Å². The van der Waals surface area contributed by atoms with Gasteiger partial charge in [-0.3, -0.25) is 0 Å². The number of urea groups is 1.